The van der Waals surface area contributed by atoms with E-state index in [1.165, 1.54) is 0 Å². The molecule has 1 aromatic rings. The molecule has 2 aliphatic rings. The van der Waals surface area contributed by atoms with Crippen molar-refractivity contribution in [2.45, 2.75) is 20.3 Å². The van der Waals surface area contributed by atoms with Gasteiger partial charge < -0.3 is 19.4 Å². The Hall–Kier alpha value is -2.42. The van der Waals surface area contributed by atoms with Crippen molar-refractivity contribution in [3.8, 4) is 0 Å². The molecule has 3 heterocycles. The minimum Gasteiger partial charge on any atom is -0.449 e. The van der Waals surface area contributed by atoms with Crippen LogP contribution in [0.25, 0.3) is 0 Å². The van der Waals surface area contributed by atoms with Gasteiger partial charge in [0.25, 0.3) is 0 Å². The first-order valence-corrected chi connectivity index (χ1v) is 10.5. The summed E-state index contributed by atoms with van der Waals surface area (Å²) in [5.74, 6) is 1.19. The van der Waals surface area contributed by atoms with E-state index in [-0.39, 0.29) is 12.0 Å². The second-order valence-corrected chi connectivity index (χ2v) is 8.00. The van der Waals surface area contributed by atoms with E-state index >= 15 is 0 Å². The predicted octanol–water partition coefficient (Wildman–Crippen LogP) is 0.926. The lowest BCUT2D eigenvalue weighted by Gasteiger charge is -2.35. The molecule has 0 atom stereocenters. The SMILES string of the molecule is CC(C)COC(=O)N1CCCN(CC(=O)N2CCN(c3ncccn3)CC2)CC1. The topological polar surface area (TPSA) is 82.1 Å². The van der Waals surface area contributed by atoms with Gasteiger partial charge in [0, 0.05) is 64.8 Å². The van der Waals surface area contributed by atoms with Crippen molar-refractivity contribution in [1.29, 1.82) is 0 Å². The Bertz CT molecular complexity index is 663. The van der Waals surface area contributed by atoms with Gasteiger partial charge in [-0.05, 0) is 18.4 Å². The van der Waals surface area contributed by atoms with E-state index in [4.69, 9.17) is 4.74 Å². The van der Waals surface area contributed by atoms with E-state index in [1.807, 2.05) is 18.7 Å². The van der Waals surface area contributed by atoms with Gasteiger partial charge in [-0.25, -0.2) is 14.8 Å². The number of piperazine rings is 1. The highest BCUT2D eigenvalue weighted by molar-refractivity contribution is 5.78. The number of aromatic nitrogens is 2. The van der Waals surface area contributed by atoms with Crippen molar-refractivity contribution in [3.05, 3.63) is 18.5 Å². The quantitative estimate of drug-likeness (QED) is 0.722. The molecule has 0 spiro atoms. The number of carbonyl (C=O) groups excluding carboxylic acids is 2. The number of carbonyl (C=O) groups is 2. The van der Waals surface area contributed by atoms with Crippen molar-refractivity contribution >= 4 is 17.9 Å². The maximum atomic E-state index is 12.7. The number of nitrogens with zero attached hydrogens (tertiary/aromatic N) is 6. The monoisotopic (exact) mass is 404 g/mol. The summed E-state index contributed by atoms with van der Waals surface area (Å²) >= 11 is 0. The van der Waals surface area contributed by atoms with Crippen LogP contribution in [0.15, 0.2) is 18.5 Å². The molecule has 9 nitrogen and oxygen atoms in total. The Morgan fingerprint density at radius 3 is 2.34 bits per heavy atom. The van der Waals surface area contributed by atoms with Gasteiger partial charge in [-0.15, -0.1) is 0 Å². The molecule has 0 N–H and O–H groups in total. The highest BCUT2D eigenvalue weighted by Gasteiger charge is 2.26. The summed E-state index contributed by atoms with van der Waals surface area (Å²) in [5, 5.41) is 0. The molecule has 160 valence electrons. The lowest BCUT2D eigenvalue weighted by atomic mass is 10.2. The van der Waals surface area contributed by atoms with Crippen LogP contribution in [0.5, 0.6) is 0 Å². The second-order valence-electron chi connectivity index (χ2n) is 8.00. The third-order valence-electron chi connectivity index (χ3n) is 5.21. The summed E-state index contributed by atoms with van der Waals surface area (Å²) < 4.78 is 5.33. The summed E-state index contributed by atoms with van der Waals surface area (Å²) in [6.45, 7) is 10.5. The van der Waals surface area contributed by atoms with Gasteiger partial charge in [0.05, 0.1) is 13.2 Å². The maximum absolute atomic E-state index is 12.7. The fourth-order valence-electron chi connectivity index (χ4n) is 3.54. The standard InChI is InChI=1S/C20H32N6O3/c1-17(2)16-29-20(28)26-8-4-7-23(9-10-26)15-18(27)24-11-13-25(14-12-24)19-21-5-3-6-22-19/h3,5-6,17H,4,7-16H2,1-2H3. The fourth-order valence-corrected chi connectivity index (χ4v) is 3.54. The molecular formula is C20H32N6O3. The highest BCUT2D eigenvalue weighted by Crippen LogP contribution is 2.11. The molecule has 2 aliphatic heterocycles. The molecule has 0 bridgehead atoms. The van der Waals surface area contributed by atoms with Crippen LogP contribution in [0.4, 0.5) is 10.7 Å². The smallest absolute Gasteiger partial charge is 0.409 e. The summed E-state index contributed by atoms with van der Waals surface area (Å²) in [5.41, 5.74) is 0. The zero-order valence-corrected chi connectivity index (χ0v) is 17.5. The molecule has 9 heteroatoms. The Balaban J connectivity index is 1.41. The van der Waals surface area contributed by atoms with Crippen LogP contribution in [0.1, 0.15) is 20.3 Å². The Kier molecular flexibility index (Phi) is 7.62. The summed E-state index contributed by atoms with van der Waals surface area (Å²) in [6.07, 6.45) is 4.08. The third-order valence-corrected chi connectivity index (χ3v) is 5.21. The lowest BCUT2D eigenvalue weighted by molar-refractivity contribution is -0.132. The summed E-state index contributed by atoms with van der Waals surface area (Å²) in [6, 6.07) is 1.80. The first-order chi connectivity index (χ1) is 14.0. The molecule has 3 rings (SSSR count). The van der Waals surface area contributed by atoms with E-state index in [1.54, 1.807) is 23.4 Å². The number of rotatable bonds is 5. The van der Waals surface area contributed by atoms with Gasteiger partial charge in [0.1, 0.15) is 0 Å². The van der Waals surface area contributed by atoms with Crippen LogP contribution in [0, 0.1) is 5.92 Å². The van der Waals surface area contributed by atoms with Crippen molar-refractivity contribution in [2.24, 2.45) is 5.92 Å². The van der Waals surface area contributed by atoms with E-state index in [0.717, 1.165) is 32.0 Å². The molecule has 0 aliphatic carbocycles. The number of anilines is 1. The summed E-state index contributed by atoms with van der Waals surface area (Å²) in [4.78, 5) is 41.4. The number of amides is 2. The van der Waals surface area contributed by atoms with Gasteiger partial charge in [-0.1, -0.05) is 13.8 Å². The maximum Gasteiger partial charge on any atom is 0.409 e. The van der Waals surface area contributed by atoms with E-state index < -0.39 is 0 Å². The van der Waals surface area contributed by atoms with Crippen LogP contribution in [0.3, 0.4) is 0 Å². The van der Waals surface area contributed by atoms with E-state index in [0.29, 0.717) is 51.8 Å². The van der Waals surface area contributed by atoms with Crippen LogP contribution >= 0.6 is 0 Å². The van der Waals surface area contributed by atoms with Crippen molar-refractivity contribution in [3.63, 3.8) is 0 Å². The molecule has 0 aromatic carbocycles. The van der Waals surface area contributed by atoms with Gasteiger partial charge in [0.2, 0.25) is 11.9 Å². The first-order valence-electron chi connectivity index (χ1n) is 10.5. The van der Waals surface area contributed by atoms with E-state index in [2.05, 4.69) is 19.8 Å². The first kappa shape index (κ1) is 21.3. The Morgan fingerprint density at radius 1 is 0.966 bits per heavy atom. The molecule has 0 saturated carbocycles. The van der Waals surface area contributed by atoms with Gasteiger partial charge >= 0.3 is 6.09 Å². The normalized spacial score (nSPS) is 18.7. The minimum atomic E-state index is -0.244. The third kappa shape index (κ3) is 6.28. The molecule has 2 saturated heterocycles. The molecule has 2 fully saturated rings. The average molecular weight is 405 g/mol. The van der Waals surface area contributed by atoms with E-state index in [9.17, 15) is 9.59 Å². The molecule has 2 amide bonds. The van der Waals surface area contributed by atoms with Crippen LogP contribution in [-0.2, 0) is 9.53 Å². The molecular weight excluding hydrogens is 372 g/mol. The molecule has 1 aromatic heterocycles. The van der Waals surface area contributed by atoms with Crippen molar-refractivity contribution in [2.75, 3.05) is 70.4 Å². The number of hydrogen-bond acceptors (Lipinski definition) is 7. The largest absolute Gasteiger partial charge is 0.449 e. The average Bonchev–Trinajstić information content (AvgIpc) is 2.98. The highest BCUT2D eigenvalue weighted by atomic mass is 16.6. The summed E-state index contributed by atoms with van der Waals surface area (Å²) in [7, 11) is 0. The minimum absolute atomic E-state index is 0.148. The number of hydrogen-bond donors (Lipinski definition) is 0. The van der Waals surface area contributed by atoms with Crippen LogP contribution in [0.2, 0.25) is 0 Å². The lowest BCUT2D eigenvalue weighted by Crippen LogP contribution is -2.52. The fraction of sp³-hybridized carbons (Fsp3) is 0.700. The van der Waals surface area contributed by atoms with Crippen molar-refractivity contribution < 1.29 is 14.3 Å². The zero-order chi connectivity index (χ0) is 20.6. The zero-order valence-electron chi connectivity index (χ0n) is 17.5. The molecule has 0 unspecified atom stereocenters. The molecule has 0 radical (unpaired) electrons. The van der Waals surface area contributed by atoms with Crippen LogP contribution < -0.4 is 4.90 Å². The van der Waals surface area contributed by atoms with Gasteiger partial charge in [-0.3, -0.25) is 9.69 Å². The number of ether oxygens (including phenoxy) is 1. The van der Waals surface area contributed by atoms with Gasteiger partial charge in [-0.2, -0.15) is 0 Å². The van der Waals surface area contributed by atoms with Gasteiger partial charge in [0.15, 0.2) is 0 Å². The Labute approximate surface area is 172 Å². The van der Waals surface area contributed by atoms with Crippen LogP contribution in [-0.4, -0.2) is 102 Å². The van der Waals surface area contributed by atoms with Crippen molar-refractivity contribution in [1.82, 2.24) is 24.7 Å². The predicted molar refractivity (Wildman–Crippen MR) is 110 cm³/mol. The molecule has 29 heavy (non-hydrogen) atoms. The Morgan fingerprint density at radius 2 is 1.66 bits per heavy atom. The second kappa shape index (κ2) is 10.4.